The molecule has 5 nitrogen and oxygen atoms in total. The Labute approximate surface area is 140 Å². The van der Waals surface area contributed by atoms with Crippen LogP contribution in [0.1, 0.15) is 40.5 Å². The van der Waals surface area contributed by atoms with Crippen molar-refractivity contribution in [1.29, 1.82) is 0 Å². The number of likely N-dealkylation sites (tertiary alicyclic amines) is 1. The van der Waals surface area contributed by atoms with E-state index in [1.165, 1.54) is 16.1 Å². The van der Waals surface area contributed by atoms with E-state index in [0.717, 1.165) is 12.8 Å². The maximum atomic E-state index is 12.8. The molecule has 0 N–H and O–H groups in total. The zero-order valence-corrected chi connectivity index (χ0v) is 16.0. The van der Waals surface area contributed by atoms with Crippen molar-refractivity contribution in [2.24, 2.45) is 17.3 Å². The minimum atomic E-state index is -3.16. The summed E-state index contributed by atoms with van der Waals surface area (Å²) in [5.74, 6) is 0.635. The summed E-state index contributed by atoms with van der Waals surface area (Å²) >= 11 is 0. The molecule has 1 saturated carbocycles. The number of amides is 1. The lowest BCUT2D eigenvalue weighted by molar-refractivity contribution is -0.134. The van der Waals surface area contributed by atoms with Crippen molar-refractivity contribution in [3.63, 3.8) is 0 Å². The number of carbonyl (C=O) groups is 1. The van der Waals surface area contributed by atoms with E-state index < -0.39 is 10.0 Å². The molecule has 1 amide bonds. The molecule has 132 valence electrons. The molecule has 0 aromatic carbocycles. The highest BCUT2D eigenvalue weighted by Gasteiger charge is 2.61. The third-order valence-corrected chi connectivity index (χ3v) is 6.85. The fourth-order valence-corrected chi connectivity index (χ4v) is 4.49. The van der Waals surface area contributed by atoms with Crippen LogP contribution in [0.5, 0.6) is 0 Å². The number of sulfonamides is 1. The lowest BCUT2D eigenvalue weighted by Gasteiger charge is -2.36. The molecule has 1 aliphatic carbocycles. The van der Waals surface area contributed by atoms with E-state index in [-0.39, 0.29) is 23.3 Å². The van der Waals surface area contributed by atoms with Gasteiger partial charge in [0.25, 0.3) is 0 Å². The monoisotopic (exact) mass is 342 g/mol. The van der Waals surface area contributed by atoms with Crippen LogP contribution in [0.15, 0.2) is 11.6 Å². The highest BCUT2D eigenvalue weighted by Crippen LogP contribution is 2.60. The van der Waals surface area contributed by atoms with E-state index >= 15 is 0 Å². The van der Waals surface area contributed by atoms with Gasteiger partial charge in [-0.25, -0.2) is 12.7 Å². The zero-order chi connectivity index (χ0) is 17.6. The summed E-state index contributed by atoms with van der Waals surface area (Å²) in [7, 11) is -1.53. The first-order chi connectivity index (χ1) is 10.5. The zero-order valence-electron chi connectivity index (χ0n) is 15.2. The van der Waals surface area contributed by atoms with Crippen molar-refractivity contribution >= 4 is 15.9 Å². The first-order valence-corrected chi connectivity index (χ1v) is 10.2. The Morgan fingerprint density at radius 1 is 1.22 bits per heavy atom. The van der Waals surface area contributed by atoms with Gasteiger partial charge in [-0.2, -0.15) is 0 Å². The largest absolute Gasteiger partial charge is 0.342 e. The lowest BCUT2D eigenvalue weighted by Crippen LogP contribution is -2.47. The Balaban J connectivity index is 1.96. The molecule has 0 bridgehead atoms. The minimum absolute atomic E-state index is 0.00911. The van der Waals surface area contributed by atoms with Crippen molar-refractivity contribution in [1.82, 2.24) is 9.21 Å². The van der Waals surface area contributed by atoms with Crippen molar-refractivity contribution < 1.29 is 13.2 Å². The summed E-state index contributed by atoms with van der Waals surface area (Å²) in [5.41, 5.74) is 1.29. The van der Waals surface area contributed by atoms with E-state index in [1.807, 2.05) is 4.90 Å². The number of allylic oxidation sites excluding steroid dienone is 2. The molecule has 0 unspecified atom stereocenters. The van der Waals surface area contributed by atoms with Crippen LogP contribution in [0.25, 0.3) is 0 Å². The quantitative estimate of drug-likeness (QED) is 0.735. The van der Waals surface area contributed by atoms with Crippen LogP contribution in [-0.4, -0.2) is 56.0 Å². The highest BCUT2D eigenvalue weighted by molar-refractivity contribution is 7.88. The summed E-state index contributed by atoms with van der Waals surface area (Å²) in [6.07, 6.45) is 4.89. The fraction of sp³-hybridized carbons (Fsp3) is 0.824. The van der Waals surface area contributed by atoms with E-state index in [0.29, 0.717) is 19.0 Å². The van der Waals surface area contributed by atoms with Crippen LogP contribution >= 0.6 is 0 Å². The van der Waals surface area contributed by atoms with E-state index in [4.69, 9.17) is 0 Å². The Kier molecular flexibility index (Phi) is 4.98. The van der Waals surface area contributed by atoms with Crippen LogP contribution < -0.4 is 0 Å². The molecule has 6 heteroatoms. The molecule has 0 spiro atoms. The average Bonchev–Trinajstić information content (AvgIpc) is 2.96. The van der Waals surface area contributed by atoms with Gasteiger partial charge in [0, 0.05) is 26.2 Å². The normalized spacial score (nSPS) is 27.9. The lowest BCUT2D eigenvalue weighted by atomic mass is 10.0. The Morgan fingerprint density at radius 3 is 2.17 bits per heavy atom. The maximum absolute atomic E-state index is 12.8. The van der Waals surface area contributed by atoms with Crippen molar-refractivity contribution in [2.45, 2.75) is 46.6 Å². The van der Waals surface area contributed by atoms with Gasteiger partial charge in [-0.1, -0.05) is 25.5 Å². The van der Waals surface area contributed by atoms with Gasteiger partial charge in [0.15, 0.2) is 0 Å². The standard InChI is InChI=1S/C17H30N2O3S/c1-12(2)11-14-15(17(14,3)4)16(20)19-9-7-13(8-10-19)18(5)23(6,21)22/h11,13-15H,7-10H2,1-6H3/t14-,15-/m1/s1. The molecule has 2 atom stereocenters. The average molecular weight is 343 g/mol. The fourth-order valence-electron chi connectivity index (χ4n) is 3.74. The summed E-state index contributed by atoms with van der Waals surface area (Å²) in [6.45, 7) is 9.76. The second-order valence-corrected chi connectivity index (χ2v) is 9.95. The summed E-state index contributed by atoms with van der Waals surface area (Å²) < 4.78 is 24.7. The van der Waals surface area contributed by atoms with Gasteiger partial charge in [0.1, 0.15) is 0 Å². The Morgan fingerprint density at radius 2 is 1.74 bits per heavy atom. The minimum Gasteiger partial charge on any atom is -0.342 e. The molecule has 2 fully saturated rings. The molecule has 23 heavy (non-hydrogen) atoms. The molecule has 2 aliphatic rings. The molecule has 1 heterocycles. The number of rotatable bonds is 4. The van der Waals surface area contributed by atoms with Gasteiger partial charge in [-0.05, 0) is 38.0 Å². The molecule has 0 aromatic rings. The molecule has 0 radical (unpaired) electrons. The van der Waals surface area contributed by atoms with Gasteiger partial charge in [0.2, 0.25) is 15.9 Å². The highest BCUT2D eigenvalue weighted by atomic mass is 32.2. The van der Waals surface area contributed by atoms with Crippen LogP contribution in [-0.2, 0) is 14.8 Å². The second kappa shape index (κ2) is 6.20. The Hall–Kier alpha value is -0.880. The maximum Gasteiger partial charge on any atom is 0.226 e. The molecular formula is C17H30N2O3S. The van der Waals surface area contributed by atoms with Gasteiger partial charge in [-0.15, -0.1) is 0 Å². The number of carbonyl (C=O) groups excluding carboxylic acids is 1. The second-order valence-electron chi connectivity index (χ2n) is 7.90. The molecule has 2 rings (SSSR count). The van der Waals surface area contributed by atoms with Gasteiger partial charge in [-0.3, -0.25) is 4.79 Å². The van der Waals surface area contributed by atoms with E-state index in [1.54, 1.807) is 7.05 Å². The van der Waals surface area contributed by atoms with Gasteiger partial charge < -0.3 is 4.90 Å². The molecule has 0 aromatic heterocycles. The smallest absolute Gasteiger partial charge is 0.226 e. The van der Waals surface area contributed by atoms with Crippen molar-refractivity contribution in [2.75, 3.05) is 26.4 Å². The van der Waals surface area contributed by atoms with Crippen molar-refractivity contribution in [3.05, 3.63) is 11.6 Å². The third kappa shape index (κ3) is 3.79. The first-order valence-electron chi connectivity index (χ1n) is 8.33. The topological polar surface area (TPSA) is 57.7 Å². The molecular weight excluding hydrogens is 312 g/mol. The predicted octanol–water partition coefficient (Wildman–Crippen LogP) is 2.11. The number of hydrogen-bond acceptors (Lipinski definition) is 3. The van der Waals surface area contributed by atoms with Crippen LogP contribution in [0, 0.1) is 17.3 Å². The SMILES string of the molecule is CC(C)=C[C@@H]1[C@H](C(=O)N2CCC(N(C)S(C)(=O)=O)CC2)C1(C)C. The number of hydrogen-bond donors (Lipinski definition) is 0. The van der Waals surface area contributed by atoms with Crippen LogP contribution in [0.2, 0.25) is 0 Å². The van der Waals surface area contributed by atoms with Crippen LogP contribution in [0.3, 0.4) is 0 Å². The van der Waals surface area contributed by atoms with Crippen molar-refractivity contribution in [3.8, 4) is 0 Å². The predicted molar refractivity (Wildman–Crippen MR) is 92.4 cm³/mol. The van der Waals surface area contributed by atoms with Gasteiger partial charge in [0.05, 0.1) is 12.2 Å². The molecule has 1 aliphatic heterocycles. The van der Waals surface area contributed by atoms with Gasteiger partial charge >= 0.3 is 0 Å². The number of nitrogens with zero attached hydrogens (tertiary/aromatic N) is 2. The van der Waals surface area contributed by atoms with Crippen LogP contribution in [0.4, 0.5) is 0 Å². The summed E-state index contributed by atoms with van der Waals surface area (Å²) in [5, 5.41) is 0. The summed E-state index contributed by atoms with van der Waals surface area (Å²) in [4.78, 5) is 14.7. The van der Waals surface area contributed by atoms with E-state index in [2.05, 4.69) is 33.8 Å². The Bertz CT molecular complexity index is 597. The van der Waals surface area contributed by atoms with E-state index in [9.17, 15) is 13.2 Å². The molecule has 1 saturated heterocycles. The summed E-state index contributed by atoms with van der Waals surface area (Å²) in [6, 6.07) is 0.00911. The number of piperidine rings is 1. The third-order valence-electron chi connectivity index (χ3n) is 5.50. The first kappa shape index (κ1) is 18.5.